The fourth-order valence-corrected chi connectivity index (χ4v) is 6.41. The van der Waals surface area contributed by atoms with Crippen LogP contribution in [0.25, 0.3) is 0 Å². The lowest BCUT2D eigenvalue weighted by Gasteiger charge is -2.33. The minimum Gasteiger partial charge on any atom is -0.354 e. The van der Waals surface area contributed by atoms with Crippen LogP contribution in [0.15, 0.2) is 65.6 Å². The highest BCUT2D eigenvalue weighted by Crippen LogP contribution is 2.29. The van der Waals surface area contributed by atoms with Crippen molar-refractivity contribution >= 4 is 62.3 Å². The van der Waals surface area contributed by atoms with Crippen LogP contribution in [-0.2, 0) is 26.2 Å². The number of aryl methyl sites for hydroxylation is 2. The second kappa shape index (κ2) is 15.1. The van der Waals surface area contributed by atoms with Gasteiger partial charge < -0.3 is 10.2 Å². The number of amides is 2. The van der Waals surface area contributed by atoms with Gasteiger partial charge in [-0.05, 0) is 74.2 Å². The number of anilines is 1. The minimum absolute atomic E-state index is 0.0224. The highest BCUT2D eigenvalue weighted by atomic mass is 35.5. The highest BCUT2D eigenvalue weighted by molar-refractivity contribution is 7.92. The predicted molar refractivity (Wildman–Crippen MR) is 171 cm³/mol. The minimum atomic E-state index is -4.20. The maximum Gasteiger partial charge on any atom is 0.264 e. The number of nitrogens with one attached hydrogen (secondary N) is 1. The van der Waals surface area contributed by atoms with Crippen LogP contribution < -0.4 is 9.62 Å². The average molecular weight is 653 g/mol. The van der Waals surface area contributed by atoms with Crippen molar-refractivity contribution in [2.45, 2.75) is 64.4 Å². The second-order valence-electron chi connectivity index (χ2n) is 10.1. The zero-order chi connectivity index (χ0) is 31.0. The molecule has 3 rings (SSSR count). The topological polar surface area (TPSA) is 86.8 Å². The molecule has 3 aromatic carbocycles. The molecular weight excluding hydrogens is 617 g/mol. The van der Waals surface area contributed by atoms with E-state index in [-0.39, 0.29) is 23.0 Å². The molecule has 0 unspecified atom stereocenters. The Hall–Kier alpha value is -2.78. The molecule has 0 radical (unpaired) electrons. The van der Waals surface area contributed by atoms with E-state index in [0.717, 1.165) is 28.3 Å². The van der Waals surface area contributed by atoms with E-state index in [1.807, 2.05) is 13.8 Å². The number of benzene rings is 3. The summed E-state index contributed by atoms with van der Waals surface area (Å²) < 4.78 is 29.0. The third-order valence-electron chi connectivity index (χ3n) is 6.90. The van der Waals surface area contributed by atoms with Gasteiger partial charge in [-0.15, -0.1) is 0 Å². The maximum atomic E-state index is 14.2. The normalized spacial score (nSPS) is 12.1. The molecule has 0 spiro atoms. The van der Waals surface area contributed by atoms with Crippen molar-refractivity contribution in [2.24, 2.45) is 0 Å². The first-order chi connectivity index (χ1) is 19.9. The summed E-state index contributed by atoms with van der Waals surface area (Å²) in [5.74, 6) is -0.901. The van der Waals surface area contributed by atoms with Crippen molar-refractivity contribution in [2.75, 3.05) is 17.4 Å². The Morgan fingerprint density at radius 1 is 0.905 bits per heavy atom. The van der Waals surface area contributed by atoms with Gasteiger partial charge in [-0.2, -0.15) is 0 Å². The molecule has 226 valence electrons. The van der Waals surface area contributed by atoms with E-state index in [1.54, 1.807) is 56.3 Å². The van der Waals surface area contributed by atoms with Crippen LogP contribution in [0.1, 0.15) is 49.8 Å². The molecule has 0 heterocycles. The number of hydrogen-bond donors (Lipinski definition) is 1. The van der Waals surface area contributed by atoms with Crippen LogP contribution in [0.3, 0.4) is 0 Å². The molecule has 3 aromatic rings. The molecule has 7 nitrogen and oxygen atoms in total. The summed E-state index contributed by atoms with van der Waals surface area (Å²) in [6.45, 7) is 7.34. The first kappa shape index (κ1) is 33.7. The third kappa shape index (κ3) is 8.40. The summed E-state index contributed by atoms with van der Waals surface area (Å²) in [4.78, 5) is 28.9. The Labute approximate surface area is 263 Å². The largest absolute Gasteiger partial charge is 0.354 e. The van der Waals surface area contributed by atoms with E-state index in [2.05, 4.69) is 5.32 Å². The number of sulfonamides is 1. The van der Waals surface area contributed by atoms with Gasteiger partial charge in [-0.1, -0.05) is 84.9 Å². The molecule has 0 saturated carbocycles. The van der Waals surface area contributed by atoms with Gasteiger partial charge in [0, 0.05) is 28.2 Å². The van der Waals surface area contributed by atoms with Crippen molar-refractivity contribution in [3.05, 3.63) is 92.4 Å². The summed E-state index contributed by atoms with van der Waals surface area (Å²) in [6.07, 6.45) is 1.98. The highest BCUT2D eigenvalue weighted by Gasteiger charge is 2.34. The molecule has 2 amide bonds. The van der Waals surface area contributed by atoms with E-state index in [0.29, 0.717) is 33.6 Å². The first-order valence-corrected chi connectivity index (χ1v) is 16.3. The quantitative estimate of drug-likeness (QED) is 0.198. The van der Waals surface area contributed by atoms with E-state index >= 15 is 0 Å². The molecule has 0 aliphatic rings. The Morgan fingerprint density at radius 3 is 2.19 bits per heavy atom. The van der Waals surface area contributed by atoms with Crippen LogP contribution >= 0.6 is 34.8 Å². The van der Waals surface area contributed by atoms with Crippen LogP contribution in [0.4, 0.5) is 5.69 Å². The zero-order valence-electron chi connectivity index (χ0n) is 24.2. The molecule has 11 heteroatoms. The zero-order valence-corrected chi connectivity index (χ0v) is 27.2. The molecule has 1 N–H and O–H groups in total. The van der Waals surface area contributed by atoms with E-state index < -0.39 is 28.5 Å². The Bertz CT molecular complexity index is 1510. The summed E-state index contributed by atoms with van der Waals surface area (Å²) in [6, 6.07) is 15.2. The van der Waals surface area contributed by atoms with E-state index in [4.69, 9.17) is 34.8 Å². The second-order valence-corrected chi connectivity index (χ2v) is 13.2. The van der Waals surface area contributed by atoms with Gasteiger partial charge in [0.2, 0.25) is 11.8 Å². The number of unbranched alkanes of at least 4 members (excludes halogenated alkanes) is 1. The lowest BCUT2D eigenvalue weighted by Crippen LogP contribution is -2.52. The molecule has 0 aliphatic carbocycles. The molecular formula is C31H36Cl3N3O4S. The van der Waals surface area contributed by atoms with Crippen LogP contribution in [0.2, 0.25) is 15.1 Å². The summed E-state index contributed by atoms with van der Waals surface area (Å²) in [5, 5.41) is 4.02. The molecule has 0 fully saturated rings. The Balaban J connectivity index is 2.08. The van der Waals surface area contributed by atoms with Crippen molar-refractivity contribution in [1.29, 1.82) is 0 Å². The van der Waals surface area contributed by atoms with Gasteiger partial charge in [0.1, 0.15) is 12.6 Å². The monoisotopic (exact) mass is 651 g/mol. The lowest BCUT2D eigenvalue weighted by molar-refractivity contribution is -0.140. The number of carbonyl (C=O) groups is 2. The number of rotatable bonds is 13. The smallest absolute Gasteiger partial charge is 0.264 e. The van der Waals surface area contributed by atoms with Gasteiger partial charge in [0.25, 0.3) is 10.0 Å². The van der Waals surface area contributed by atoms with Crippen LogP contribution in [0.5, 0.6) is 0 Å². The van der Waals surface area contributed by atoms with Crippen molar-refractivity contribution < 1.29 is 18.0 Å². The van der Waals surface area contributed by atoms with Crippen LogP contribution in [-0.4, -0.2) is 44.3 Å². The average Bonchev–Trinajstić information content (AvgIpc) is 2.94. The van der Waals surface area contributed by atoms with Gasteiger partial charge in [-0.3, -0.25) is 13.9 Å². The Kier molecular flexibility index (Phi) is 12.1. The first-order valence-electron chi connectivity index (χ1n) is 13.8. The van der Waals surface area contributed by atoms with Crippen molar-refractivity contribution in [3.63, 3.8) is 0 Å². The number of nitrogens with zero attached hydrogens (tertiary/aromatic N) is 2. The SMILES string of the molecule is CCCCNC(=O)[C@@H](CC)N(Cc1ccc(Cl)cc1Cl)C(=O)CN(c1ccc(C)c(Cl)c1)S(=O)(=O)c1ccc(C)cc1. The predicted octanol–water partition coefficient (Wildman–Crippen LogP) is 7.18. The number of hydrogen-bond acceptors (Lipinski definition) is 4. The number of carbonyl (C=O) groups excluding carboxylic acids is 2. The standard InChI is InChI=1S/C31H36Cl3N3O4S/c1-5-7-16-35-31(39)29(6-2)36(19-23-11-12-24(32)17-28(23)34)30(38)20-37(25-13-10-22(4)27(33)18-25)42(40,41)26-14-8-21(3)9-15-26/h8-15,17-18,29H,5-7,16,19-20H2,1-4H3,(H,35,39)/t29-/m1/s1. The molecule has 0 bridgehead atoms. The van der Waals surface area contributed by atoms with Crippen LogP contribution in [0, 0.1) is 13.8 Å². The summed E-state index contributed by atoms with van der Waals surface area (Å²) >= 11 is 18.9. The van der Waals surface area contributed by atoms with Gasteiger partial charge in [-0.25, -0.2) is 8.42 Å². The molecule has 0 saturated heterocycles. The van der Waals surface area contributed by atoms with Crippen molar-refractivity contribution in [1.82, 2.24) is 10.2 Å². The Morgan fingerprint density at radius 2 is 1.60 bits per heavy atom. The fraction of sp³-hybridized carbons (Fsp3) is 0.355. The number of halogens is 3. The van der Waals surface area contributed by atoms with Crippen molar-refractivity contribution in [3.8, 4) is 0 Å². The molecule has 0 aromatic heterocycles. The lowest BCUT2D eigenvalue weighted by atomic mass is 10.1. The van der Waals surface area contributed by atoms with Gasteiger partial charge in [0.05, 0.1) is 10.6 Å². The molecule has 1 atom stereocenters. The van der Waals surface area contributed by atoms with Gasteiger partial charge in [0.15, 0.2) is 0 Å². The fourth-order valence-electron chi connectivity index (χ4n) is 4.36. The molecule has 0 aliphatic heterocycles. The summed E-state index contributed by atoms with van der Waals surface area (Å²) in [7, 11) is -4.20. The van der Waals surface area contributed by atoms with E-state index in [1.165, 1.54) is 23.1 Å². The molecule has 42 heavy (non-hydrogen) atoms. The van der Waals surface area contributed by atoms with Gasteiger partial charge >= 0.3 is 0 Å². The third-order valence-corrected chi connectivity index (χ3v) is 9.68. The maximum absolute atomic E-state index is 14.2. The van der Waals surface area contributed by atoms with E-state index in [9.17, 15) is 18.0 Å². The summed E-state index contributed by atoms with van der Waals surface area (Å²) in [5.41, 5.74) is 2.44.